The number of aromatic nitrogens is 2. The van der Waals surface area contributed by atoms with Crippen LogP contribution < -0.4 is 4.74 Å². The molecule has 19 heavy (non-hydrogen) atoms. The molecule has 1 heterocycles. The lowest BCUT2D eigenvalue weighted by molar-refractivity contribution is 0.415. The van der Waals surface area contributed by atoms with Gasteiger partial charge in [-0.15, -0.1) is 0 Å². The molecule has 0 atom stereocenters. The van der Waals surface area contributed by atoms with Crippen molar-refractivity contribution in [2.75, 3.05) is 7.11 Å². The van der Waals surface area contributed by atoms with Gasteiger partial charge in [-0.3, -0.25) is 0 Å². The Kier molecular flexibility index (Phi) is 3.25. The fraction of sp³-hybridized carbons (Fsp3) is 0.133. The van der Waals surface area contributed by atoms with E-state index in [1.54, 1.807) is 7.11 Å². The number of benzene rings is 2. The van der Waals surface area contributed by atoms with Gasteiger partial charge in [0.15, 0.2) is 0 Å². The molecule has 0 aliphatic rings. The number of methoxy groups -OCH3 is 1. The predicted octanol–water partition coefficient (Wildman–Crippen LogP) is 3.92. The van der Waals surface area contributed by atoms with Gasteiger partial charge in [-0.1, -0.05) is 28.1 Å². The minimum Gasteiger partial charge on any atom is -0.497 e. The Bertz CT molecular complexity index is 721. The first-order valence-corrected chi connectivity index (χ1v) is 6.81. The maximum absolute atomic E-state index is 5.21. The van der Waals surface area contributed by atoms with E-state index in [0.29, 0.717) is 0 Å². The quantitative estimate of drug-likeness (QED) is 0.795. The molecule has 2 aromatic carbocycles. The normalized spacial score (nSPS) is 10.8. The third-order valence-electron chi connectivity index (χ3n) is 3.00. The van der Waals surface area contributed by atoms with Crippen molar-refractivity contribution in [3.05, 3.63) is 58.3 Å². The molecule has 0 amide bonds. The van der Waals surface area contributed by atoms with Crippen molar-refractivity contribution >= 4 is 27.0 Å². The van der Waals surface area contributed by atoms with E-state index in [1.165, 1.54) is 5.56 Å². The number of H-pyrrole nitrogens is 1. The molecule has 0 radical (unpaired) electrons. The van der Waals surface area contributed by atoms with Crippen LogP contribution in [0.15, 0.2) is 46.9 Å². The second-order valence-electron chi connectivity index (χ2n) is 4.37. The second-order valence-corrected chi connectivity index (χ2v) is 5.29. The van der Waals surface area contributed by atoms with Gasteiger partial charge in [-0.2, -0.15) is 0 Å². The number of ether oxygens (including phenoxy) is 1. The highest BCUT2D eigenvalue weighted by molar-refractivity contribution is 9.10. The summed E-state index contributed by atoms with van der Waals surface area (Å²) in [5.41, 5.74) is 3.19. The Morgan fingerprint density at radius 2 is 2.11 bits per heavy atom. The van der Waals surface area contributed by atoms with E-state index in [4.69, 9.17) is 4.74 Å². The molecular weight excluding hydrogens is 304 g/mol. The maximum Gasteiger partial charge on any atom is 0.121 e. The van der Waals surface area contributed by atoms with E-state index in [2.05, 4.69) is 38.0 Å². The smallest absolute Gasteiger partial charge is 0.121 e. The van der Waals surface area contributed by atoms with Crippen molar-refractivity contribution < 1.29 is 4.74 Å². The number of fused-ring (bicyclic) bond motifs is 1. The van der Waals surface area contributed by atoms with E-state index < -0.39 is 0 Å². The van der Waals surface area contributed by atoms with Crippen molar-refractivity contribution in [3.8, 4) is 5.75 Å². The first-order chi connectivity index (χ1) is 9.24. The summed E-state index contributed by atoms with van der Waals surface area (Å²) >= 11 is 3.48. The molecule has 3 aromatic rings. The number of hydrogen-bond acceptors (Lipinski definition) is 2. The van der Waals surface area contributed by atoms with Gasteiger partial charge in [0, 0.05) is 17.0 Å². The zero-order valence-corrected chi connectivity index (χ0v) is 12.1. The Morgan fingerprint density at radius 1 is 1.21 bits per heavy atom. The summed E-state index contributed by atoms with van der Waals surface area (Å²) in [7, 11) is 1.67. The lowest BCUT2D eigenvalue weighted by atomic mass is 10.1. The zero-order valence-electron chi connectivity index (χ0n) is 10.5. The summed E-state index contributed by atoms with van der Waals surface area (Å²) in [5.74, 6) is 1.80. The van der Waals surface area contributed by atoms with Crippen LogP contribution in [0.2, 0.25) is 0 Å². The molecule has 0 fully saturated rings. The van der Waals surface area contributed by atoms with Gasteiger partial charge < -0.3 is 9.72 Å². The zero-order chi connectivity index (χ0) is 13.2. The number of hydrogen-bond donors (Lipinski definition) is 1. The summed E-state index contributed by atoms with van der Waals surface area (Å²) in [6.07, 6.45) is 0.788. The molecule has 3 rings (SSSR count). The molecule has 0 bridgehead atoms. The van der Waals surface area contributed by atoms with Crippen LogP contribution in [0.3, 0.4) is 0 Å². The van der Waals surface area contributed by atoms with Crippen molar-refractivity contribution in [1.29, 1.82) is 0 Å². The van der Waals surface area contributed by atoms with Crippen molar-refractivity contribution in [1.82, 2.24) is 9.97 Å². The number of rotatable bonds is 3. The highest BCUT2D eigenvalue weighted by Gasteiger charge is 2.05. The van der Waals surface area contributed by atoms with Crippen LogP contribution in [-0.4, -0.2) is 17.1 Å². The second kappa shape index (κ2) is 5.05. The Balaban J connectivity index is 1.93. The van der Waals surface area contributed by atoms with E-state index in [9.17, 15) is 0 Å². The highest BCUT2D eigenvalue weighted by atomic mass is 79.9. The fourth-order valence-electron chi connectivity index (χ4n) is 2.09. The molecular formula is C15H13BrN2O. The largest absolute Gasteiger partial charge is 0.497 e. The first-order valence-electron chi connectivity index (χ1n) is 6.02. The summed E-state index contributed by atoms with van der Waals surface area (Å²) < 4.78 is 6.30. The predicted molar refractivity (Wildman–Crippen MR) is 79.6 cm³/mol. The van der Waals surface area contributed by atoms with Crippen LogP contribution in [-0.2, 0) is 6.42 Å². The molecule has 3 nitrogen and oxygen atoms in total. The molecule has 0 saturated heterocycles. The van der Waals surface area contributed by atoms with Crippen LogP contribution in [0, 0.1) is 0 Å². The molecule has 0 saturated carbocycles. The summed E-state index contributed by atoms with van der Waals surface area (Å²) in [6, 6.07) is 14.1. The van der Waals surface area contributed by atoms with Gasteiger partial charge >= 0.3 is 0 Å². The average molecular weight is 317 g/mol. The third-order valence-corrected chi connectivity index (χ3v) is 3.49. The molecule has 0 spiro atoms. The Hall–Kier alpha value is -1.81. The van der Waals surface area contributed by atoms with Crippen molar-refractivity contribution in [2.45, 2.75) is 6.42 Å². The number of nitrogens with zero attached hydrogens (tertiary/aromatic N) is 1. The van der Waals surface area contributed by atoms with Crippen LogP contribution in [0.4, 0.5) is 0 Å². The minimum atomic E-state index is 0.788. The molecule has 1 aromatic heterocycles. The standard InChI is InChI=1S/C15H13BrN2O/c1-19-12-5-6-13-14(9-12)18-15(17-13)8-10-3-2-4-11(16)7-10/h2-7,9H,8H2,1H3,(H,17,18). The van der Waals surface area contributed by atoms with Crippen LogP contribution >= 0.6 is 15.9 Å². The van der Waals surface area contributed by atoms with Gasteiger partial charge in [-0.05, 0) is 29.8 Å². The number of imidazole rings is 1. The highest BCUT2D eigenvalue weighted by Crippen LogP contribution is 2.20. The van der Waals surface area contributed by atoms with Gasteiger partial charge in [0.1, 0.15) is 11.6 Å². The van der Waals surface area contributed by atoms with Gasteiger partial charge in [0.05, 0.1) is 18.1 Å². The first kappa shape index (κ1) is 12.2. The molecule has 96 valence electrons. The number of nitrogens with one attached hydrogen (secondary N) is 1. The van der Waals surface area contributed by atoms with Crippen LogP contribution in [0.1, 0.15) is 11.4 Å². The van der Waals surface area contributed by atoms with Gasteiger partial charge in [0.2, 0.25) is 0 Å². The van der Waals surface area contributed by atoms with E-state index >= 15 is 0 Å². The lowest BCUT2D eigenvalue weighted by Gasteiger charge is -1.98. The fourth-order valence-corrected chi connectivity index (χ4v) is 2.54. The average Bonchev–Trinajstić information content (AvgIpc) is 2.79. The van der Waals surface area contributed by atoms with Crippen molar-refractivity contribution in [3.63, 3.8) is 0 Å². The molecule has 1 N–H and O–H groups in total. The van der Waals surface area contributed by atoms with Crippen molar-refractivity contribution in [2.24, 2.45) is 0 Å². The molecule has 0 aliphatic carbocycles. The van der Waals surface area contributed by atoms with Crippen LogP contribution in [0.25, 0.3) is 11.0 Å². The summed E-state index contributed by atoms with van der Waals surface area (Å²) in [4.78, 5) is 7.92. The topological polar surface area (TPSA) is 37.9 Å². The number of aromatic amines is 1. The number of halogens is 1. The van der Waals surface area contributed by atoms with Crippen LogP contribution in [0.5, 0.6) is 5.75 Å². The molecule has 0 unspecified atom stereocenters. The van der Waals surface area contributed by atoms with E-state index in [-0.39, 0.29) is 0 Å². The minimum absolute atomic E-state index is 0.788. The monoisotopic (exact) mass is 316 g/mol. The third kappa shape index (κ3) is 2.63. The maximum atomic E-state index is 5.21. The summed E-state index contributed by atoms with van der Waals surface area (Å²) in [6.45, 7) is 0. The SMILES string of the molecule is COc1ccc2nc(Cc3cccc(Br)c3)[nH]c2c1. The summed E-state index contributed by atoms with van der Waals surface area (Å²) in [5, 5.41) is 0. The molecule has 0 aliphatic heterocycles. The Morgan fingerprint density at radius 3 is 2.89 bits per heavy atom. The van der Waals surface area contributed by atoms with Gasteiger partial charge in [-0.25, -0.2) is 4.98 Å². The van der Waals surface area contributed by atoms with Gasteiger partial charge in [0.25, 0.3) is 0 Å². The lowest BCUT2D eigenvalue weighted by Crippen LogP contribution is -1.90. The van der Waals surface area contributed by atoms with E-state index in [0.717, 1.165) is 33.5 Å². The molecule has 4 heteroatoms. The van der Waals surface area contributed by atoms with E-state index in [1.807, 2.05) is 30.3 Å². The Labute approximate surface area is 119 Å².